The van der Waals surface area contributed by atoms with E-state index in [0.717, 1.165) is 11.6 Å². The van der Waals surface area contributed by atoms with Crippen molar-refractivity contribution >= 4 is 5.97 Å². The van der Waals surface area contributed by atoms with E-state index in [1.54, 1.807) is 6.08 Å². The summed E-state index contributed by atoms with van der Waals surface area (Å²) in [5.74, 6) is -0.922. The summed E-state index contributed by atoms with van der Waals surface area (Å²) in [5.41, 5.74) is 0.898. The van der Waals surface area contributed by atoms with Gasteiger partial charge in [0.1, 0.15) is 0 Å². The Morgan fingerprint density at radius 1 is 1.18 bits per heavy atom. The first-order valence-electron chi connectivity index (χ1n) is 3.40. The standard InChI is InChI=1S/C9H12O2/c1-3-5-8(4-2)6-7-9(10)11/h3-7H,1-2H3,(H,10,11). The van der Waals surface area contributed by atoms with Gasteiger partial charge in [-0.3, -0.25) is 0 Å². The molecule has 0 aliphatic rings. The van der Waals surface area contributed by atoms with Crippen molar-refractivity contribution in [3.63, 3.8) is 0 Å². The third-order valence-electron chi connectivity index (χ3n) is 1.11. The van der Waals surface area contributed by atoms with Gasteiger partial charge in [-0.15, -0.1) is 0 Å². The van der Waals surface area contributed by atoms with Crippen molar-refractivity contribution in [3.05, 3.63) is 36.0 Å². The number of rotatable bonds is 3. The van der Waals surface area contributed by atoms with E-state index < -0.39 is 5.97 Å². The molecular weight excluding hydrogens is 140 g/mol. The molecule has 0 aromatic carbocycles. The van der Waals surface area contributed by atoms with E-state index >= 15 is 0 Å². The molecule has 0 aromatic heterocycles. The van der Waals surface area contributed by atoms with Gasteiger partial charge in [-0.05, 0) is 25.5 Å². The first kappa shape index (κ1) is 9.69. The second-order valence-electron chi connectivity index (χ2n) is 1.96. The van der Waals surface area contributed by atoms with Gasteiger partial charge < -0.3 is 5.11 Å². The summed E-state index contributed by atoms with van der Waals surface area (Å²) in [6.07, 6.45) is 8.23. The topological polar surface area (TPSA) is 37.3 Å². The van der Waals surface area contributed by atoms with E-state index in [4.69, 9.17) is 5.11 Å². The summed E-state index contributed by atoms with van der Waals surface area (Å²) in [6.45, 7) is 3.75. The third-order valence-corrected chi connectivity index (χ3v) is 1.11. The minimum atomic E-state index is -0.922. The molecule has 0 saturated heterocycles. The van der Waals surface area contributed by atoms with E-state index in [-0.39, 0.29) is 0 Å². The Labute approximate surface area is 66.5 Å². The molecule has 0 atom stereocenters. The number of allylic oxidation sites excluding steroid dienone is 5. The molecule has 11 heavy (non-hydrogen) atoms. The van der Waals surface area contributed by atoms with Crippen molar-refractivity contribution in [2.45, 2.75) is 13.8 Å². The average Bonchev–Trinajstić information content (AvgIpc) is 1.97. The second kappa shape index (κ2) is 5.47. The molecule has 0 radical (unpaired) electrons. The van der Waals surface area contributed by atoms with Gasteiger partial charge >= 0.3 is 5.97 Å². The summed E-state index contributed by atoms with van der Waals surface area (Å²) >= 11 is 0. The van der Waals surface area contributed by atoms with Gasteiger partial charge in [0.15, 0.2) is 0 Å². The Morgan fingerprint density at radius 3 is 2.18 bits per heavy atom. The summed E-state index contributed by atoms with van der Waals surface area (Å²) in [6, 6.07) is 0. The number of carboxylic acids is 1. The molecular formula is C9H12O2. The molecule has 0 amide bonds. The Morgan fingerprint density at radius 2 is 1.82 bits per heavy atom. The zero-order valence-electron chi connectivity index (χ0n) is 6.74. The molecule has 0 heterocycles. The van der Waals surface area contributed by atoms with E-state index in [1.165, 1.54) is 0 Å². The van der Waals surface area contributed by atoms with Crippen LogP contribution < -0.4 is 0 Å². The average molecular weight is 152 g/mol. The lowest BCUT2D eigenvalue weighted by Gasteiger charge is -1.88. The molecule has 0 aromatic rings. The Kier molecular flexibility index (Phi) is 4.82. The normalized spacial score (nSPS) is 13.1. The molecule has 60 valence electrons. The van der Waals surface area contributed by atoms with Gasteiger partial charge in [-0.1, -0.05) is 18.2 Å². The quantitative estimate of drug-likeness (QED) is 0.497. The molecule has 0 bridgehead atoms. The molecule has 0 aliphatic heterocycles. The van der Waals surface area contributed by atoms with Crippen LogP contribution in [-0.2, 0) is 4.79 Å². The summed E-state index contributed by atoms with van der Waals surface area (Å²) in [5, 5.41) is 8.29. The smallest absolute Gasteiger partial charge is 0.328 e. The van der Waals surface area contributed by atoms with Gasteiger partial charge in [-0.25, -0.2) is 4.79 Å². The lowest BCUT2D eigenvalue weighted by atomic mass is 10.2. The van der Waals surface area contributed by atoms with E-state index in [2.05, 4.69) is 0 Å². The molecule has 0 spiro atoms. The first-order chi connectivity index (χ1) is 5.20. The van der Waals surface area contributed by atoms with Gasteiger partial charge in [0.05, 0.1) is 0 Å². The van der Waals surface area contributed by atoms with Crippen molar-refractivity contribution in [2.24, 2.45) is 0 Å². The predicted octanol–water partition coefficient (Wildman–Crippen LogP) is 2.15. The van der Waals surface area contributed by atoms with Crippen LogP contribution in [0, 0.1) is 0 Å². The Bertz CT molecular complexity index is 210. The molecule has 0 unspecified atom stereocenters. The first-order valence-corrected chi connectivity index (χ1v) is 3.40. The number of hydrogen-bond acceptors (Lipinski definition) is 1. The van der Waals surface area contributed by atoms with Gasteiger partial charge in [0.2, 0.25) is 0 Å². The van der Waals surface area contributed by atoms with Crippen molar-refractivity contribution in [1.82, 2.24) is 0 Å². The highest BCUT2D eigenvalue weighted by atomic mass is 16.4. The van der Waals surface area contributed by atoms with Crippen molar-refractivity contribution in [3.8, 4) is 0 Å². The Hall–Kier alpha value is -1.31. The monoisotopic (exact) mass is 152 g/mol. The van der Waals surface area contributed by atoms with Crippen LogP contribution in [0.25, 0.3) is 0 Å². The fraction of sp³-hybridized carbons (Fsp3) is 0.222. The fourth-order valence-electron chi connectivity index (χ4n) is 0.608. The van der Waals surface area contributed by atoms with E-state index in [0.29, 0.717) is 0 Å². The van der Waals surface area contributed by atoms with Crippen LogP contribution in [0.15, 0.2) is 36.0 Å². The SMILES string of the molecule is CC=CC(C=CC(=O)O)=CC. The lowest BCUT2D eigenvalue weighted by Crippen LogP contribution is -1.85. The van der Waals surface area contributed by atoms with Gasteiger partial charge in [-0.2, -0.15) is 0 Å². The third kappa shape index (κ3) is 5.15. The molecule has 2 heteroatoms. The maximum atomic E-state index is 10.1. The number of hydrogen-bond donors (Lipinski definition) is 1. The Balaban J connectivity index is 4.21. The largest absolute Gasteiger partial charge is 0.478 e. The highest BCUT2D eigenvalue weighted by Crippen LogP contribution is 1.98. The summed E-state index contributed by atoms with van der Waals surface area (Å²) in [4.78, 5) is 10.1. The van der Waals surface area contributed by atoms with Crippen LogP contribution in [0.4, 0.5) is 0 Å². The van der Waals surface area contributed by atoms with Crippen molar-refractivity contribution < 1.29 is 9.90 Å². The maximum Gasteiger partial charge on any atom is 0.328 e. The molecule has 1 N–H and O–H groups in total. The fourth-order valence-corrected chi connectivity index (χ4v) is 0.608. The number of carboxylic acid groups (broad SMARTS) is 1. The minimum absolute atomic E-state index is 0.898. The molecule has 0 fully saturated rings. The summed E-state index contributed by atoms with van der Waals surface area (Å²) in [7, 11) is 0. The zero-order chi connectivity index (χ0) is 8.69. The summed E-state index contributed by atoms with van der Waals surface area (Å²) < 4.78 is 0. The zero-order valence-corrected chi connectivity index (χ0v) is 6.74. The van der Waals surface area contributed by atoms with Crippen LogP contribution in [0.3, 0.4) is 0 Å². The number of carbonyl (C=O) groups is 1. The molecule has 0 aliphatic carbocycles. The van der Waals surface area contributed by atoms with Crippen LogP contribution >= 0.6 is 0 Å². The van der Waals surface area contributed by atoms with Crippen molar-refractivity contribution in [2.75, 3.05) is 0 Å². The van der Waals surface area contributed by atoms with Crippen LogP contribution in [0.1, 0.15) is 13.8 Å². The van der Waals surface area contributed by atoms with E-state index in [9.17, 15) is 4.79 Å². The minimum Gasteiger partial charge on any atom is -0.478 e. The highest BCUT2D eigenvalue weighted by Gasteiger charge is 1.86. The number of aliphatic carboxylic acids is 1. The highest BCUT2D eigenvalue weighted by molar-refractivity contribution is 5.80. The maximum absolute atomic E-state index is 10.1. The molecule has 2 nitrogen and oxygen atoms in total. The van der Waals surface area contributed by atoms with Crippen LogP contribution in [-0.4, -0.2) is 11.1 Å². The lowest BCUT2D eigenvalue weighted by molar-refractivity contribution is -0.131. The van der Waals surface area contributed by atoms with Gasteiger partial charge in [0.25, 0.3) is 0 Å². The van der Waals surface area contributed by atoms with Crippen molar-refractivity contribution in [1.29, 1.82) is 0 Å². The predicted molar refractivity (Wildman–Crippen MR) is 45.3 cm³/mol. The van der Waals surface area contributed by atoms with Crippen LogP contribution in [0.2, 0.25) is 0 Å². The van der Waals surface area contributed by atoms with Gasteiger partial charge in [0, 0.05) is 6.08 Å². The molecule has 0 rings (SSSR count). The molecule has 0 saturated carbocycles. The van der Waals surface area contributed by atoms with E-state index in [1.807, 2.05) is 32.1 Å². The van der Waals surface area contributed by atoms with Crippen LogP contribution in [0.5, 0.6) is 0 Å². The second-order valence-corrected chi connectivity index (χ2v) is 1.96.